The highest BCUT2D eigenvalue weighted by Crippen LogP contribution is 2.14. The third kappa shape index (κ3) is 1.48. The molecule has 0 saturated carbocycles. The molecule has 0 saturated heterocycles. The first-order chi connectivity index (χ1) is 5.11. The van der Waals surface area contributed by atoms with Gasteiger partial charge in [-0.3, -0.25) is 10.1 Å². The number of hydrogen-bond donors (Lipinski definition) is 1. The van der Waals surface area contributed by atoms with Gasteiger partial charge in [0.15, 0.2) is 6.54 Å². The van der Waals surface area contributed by atoms with Gasteiger partial charge in [-0.05, 0) is 0 Å². The number of halogens is 2. The topological polar surface area (TPSA) is 67.5 Å². The van der Waals surface area contributed by atoms with Crippen LogP contribution < -0.4 is 5.32 Å². The molecule has 0 aromatic heterocycles. The van der Waals surface area contributed by atoms with Crippen LogP contribution in [0.2, 0.25) is 0 Å². The summed E-state index contributed by atoms with van der Waals surface area (Å²) in [6.07, 6.45) is -1.20. The van der Waals surface area contributed by atoms with Gasteiger partial charge in [0.2, 0.25) is 0 Å². The second-order valence-corrected chi connectivity index (χ2v) is 1.62. The minimum atomic E-state index is -1.44. The fourth-order valence-corrected chi connectivity index (χ4v) is 0.491. The molecule has 5 nitrogen and oxygen atoms in total. The smallest absolute Gasteiger partial charge is 0.325 e. The van der Waals surface area contributed by atoms with E-state index in [4.69, 9.17) is 0 Å². The number of nitrogens with one attached hydrogen (secondary N) is 1. The fraction of sp³-hybridized carbons (Fsp3) is 0. The van der Waals surface area contributed by atoms with Gasteiger partial charge in [-0.2, -0.15) is 13.8 Å². The van der Waals surface area contributed by atoms with Crippen molar-refractivity contribution in [1.29, 1.82) is 0 Å². The van der Waals surface area contributed by atoms with E-state index in [0.717, 1.165) is 0 Å². The van der Waals surface area contributed by atoms with Crippen molar-refractivity contribution in [3.05, 3.63) is 28.3 Å². The van der Waals surface area contributed by atoms with Crippen molar-refractivity contribution in [2.75, 3.05) is 0 Å². The maximum Gasteiger partial charge on any atom is 0.325 e. The zero-order valence-electron chi connectivity index (χ0n) is 5.04. The molecular weight excluding hydrogens is 160 g/mol. The van der Waals surface area contributed by atoms with Crippen LogP contribution in [0.3, 0.4) is 0 Å². The predicted octanol–water partition coefficient (Wildman–Crippen LogP) is 0.492. The van der Waals surface area contributed by atoms with Crippen molar-refractivity contribution < 1.29 is 13.7 Å². The van der Waals surface area contributed by atoms with Crippen molar-refractivity contribution in [3.8, 4) is 0 Å². The van der Waals surface area contributed by atoms with E-state index in [9.17, 15) is 18.9 Å². The Morgan fingerprint density at radius 2 is 2.27 bits per heavy atom. The molecule has 0 aromatic rings. The summed E-state index contributed by atoms with van der Waals surface area (Å²) in [4.78, 5) is 11.5. The molecule has 0 bridgehead atoms. The number of nitrogens with zero attached hydrogens (tertiary/aromatic N) is 2. The lowest BCUT2D eigenvalue weighted by atomic mass is 10.4. The fourth-order valence-electron chi connectivity index (χ4n) is 0.491. The van der Waals surface area contributed by atoms with Gasteiger partial charge in [-0.1, -0.05) is 0 Å². The quantitative estimate of drug-likeness (QED) is 0.346. The summed E-state index contributed by atoms with van der Waals surface area (Å²) in [6, 6.07) is 0. The largest absolute Gasteiger partial charge is 0.330 e. The Balaban J connectivity index is 2.95. The molecule has 0 aliphatic carbocycles. The molecule has 1 aliphatic heterocycles. The van der Waals surface area contributed by atoms with Crippen molar-refractivity contribution in [1.82, 2.24) is 5.32 Å². The minimum Gasteiger partial charge on any atom is -0.330 e. The van der Waals surface area contributed by atoms with E-state index in [1.165, 1.54) is 0 Å². The molecule has 1 aliphatic rings. The van der Waals surface area contributed by atoms with E-state index in [0.29, 0.717) is 6.54 Å². The van der Waals surface area contributed by atoms with E-state index in [-0.39, 0.29) is 0 Å². The van der Waals surface area contributed by atoms with Gasteiger partial charge in [-0.25, -0.2) is 0 Å². The van der Waals surface area contributed by atoms with Crippen molar-refractivity contribution in [3.63, 3.8) is 0 Å². The summed E-state index contributed by atoms with van der Waals surface area (Å²) in [5, 5.41) is 11.7. The van der Waals surface area contributed by atoms with Crippen LogP contribution in [0.25, 0.3) is 0 Å². The van der Waals surface area contributed by atoms with E-state index in [2.05, 4.69) is 4.99 Å². The normalized spacial score (nSPS) is 17.5. The standard InChI is InChI=1S/C4H2F2N3O2/c5-3-2(9(10)11)1-7-4(6)8-3/h1H,(H,7,8). The van der Waals surface area contributed by atoms with E-state index < -0.39 is 22.7 Å². The van der Waals surface area contributed by atoms with Gasteiger partial charge in [0.25, 0.3) is 12.0 Å². The molecule has 0 atom stereocenters. The van der Waals surface area contributed by atoms with Crippen molar-refractivity contribution >= 4 is 6.09 Å². The molecule has 11 heavy (non-hydrogen) atoms. The number of amidine groups is 1. The molecule has 59 valence electrons. The molecule has 0 spiro atoms. The molecule has 0 amide bonds. The van der Waals surface area contributed by atoms with Crippen LogP contribution in [0.1, 0.15) is 0 Å². The first-order valence-electron chi connectivity index (χ1n) is 2.49. The zero-order chi connectivity index (χ0) is 8.43. The Bertz CT molecular complexity index is 260. The Kier molecular flexibility index (Phi) is 1.79. The zero-order valence-corrected chi connectivity index (χ0v) is 5.04. The average molecular weight is 162 g/mol. The summed E-state index contributed by atoms with van der Waals surface area (Å²) in [6.45, 7) is 0.595. The number of hydrogen-bond acceptors (Lipinski definition) is 4. The van der Waals surface area contributed by atoms with Crippen LogP contribution in [-0.4, -0.2) is 11.0 Å². The number of rotatable bonds is 1. The lowest BCUT2D eigenvalue weighted by Gasteiger charge is -2.04. The van der Waals surface area contributed by atoms with Crippen LogP contribution >= 0.6 is 0 Å². The molecule has 0 fully saturated rings. The Morgan fingerprint density at radius 3 is 2.73 bits per heavy atom. The highest BCUT2D eigenvalue weighted by Gasteiger charge is 2.24. The van der Waals surface area contributed by atoms with Gasteiger partial charge in [-0.15, -0.1) is 0 Å². The molecule has 1 N–H and O–H groups in total. The maximum absolute atomic E-state index is 12.3. The Hall–Kier alpha value is -1.53. The van der Waals surface area contributed by atoms with Crippen molar-refractivity contribution in [2.24, 2.45) is 4.99 Å². The molecule has 0 unspecified atom stereocenters. The van der Waals surface area contributed by atoms with Gasteiger partial charge in [0.1, 0.15) is 0 Å². The summed E-state index contributed by atoms with van der Waals surface area (Å²) >= 11 is 0. The van der Waals surface area contributed by atoms with E-state index in [1.807, 2.05) is 0 Å². The lowest BCUT2D eigenvalue weighted by Crippen LogP contribution is -2.24. The summed E-state index contributed by atoms with van der Waals surface area (Å²) in [7, 11) is 0. The van der Waals surface area contributed by atoms with Gasteiger partial charge >= 0.3 is 5.70 Å². The SMILES string of the molecule is O=[N+]([O-])C1=C(F)N=C(F)N[CH]1. The molecular formula is C4H2F2N3O2. The minimum absolute atomic E-state index is 0.595. The maximum atomic E-state index is 12.3. The summed E-state index contributed by atoms with van der Waals surface area (Å²) < 4.78 is 24.3. The first-order valence-corrected chi connectivity index (χ1v) is 2.49. The number of aliphatic imine (C=N–C) groups is 1. The van der Waals surface area contributed by atoms with E-state index >= 15 is 0 Å². The predicted molar refractivity (Wildman–Crippen MR) is 31.1 cm³/mol. The third-order valence-electron chi connectivity index (χ3n) is 0.932. The lowest BCUT2D eigenvalue weighted by molar-refractivity contribution is -0.424. The monoisotopic (exact) mass is 162 g/mol. The van der Waals surface area contributed by atoms with Gasteiger partial charge in [0.05, 0.1) is 4.92 Å². The van der Waals surface area contributed by atoms with Crippen LogP contribution in [0.4, 0.5) is 8.78 Å². The van der Waals surface area contributed by atoms with Gasteiger partial charge in [0, 0.05) is 0 Å². The Labute approximate surface area is 59.6 Å². The van der Waals surface area contributed by atoms with Crippen LogP contribution in [0, 0.1) is 16.7 Å². The van der Waals surface area contributed by atoms with Gasteiger partial charge < -0.3 is 5.32 Å². The van der Waals surface area contributed by atoms with E-state index in [1.54, 1.807) is 5.32 Å². The first kappa shape index (κ1) is 7.58. The molecule has 0 aromatic carbocycles. The number of nitro groups is 1. The summed E-state index contributed by atoms with van der Waals surface area (Å²) in [5.74, 6) is -1.44. The van der Waals surface area contributed by atoms with Crippen molar-refractivity contribution in [2.45, 2.75) is 0 Å². The second kappa shape index (κ2) is 2.60. The van der Waals surface area contributed by atoms with Crippen LogP contribution in [0.5, 0.6) is 0 Å². The highest BCUT2D eigenvalue weighted by atomic mass is 19.1. The Morgan fingerprint density at radius 1 is 1.64 bits per heavy atom. The third-order valence-corrected chi connectivity index (χ3v) is 0.932. The molecule has 1 rings (SSSR count). The molecule has 7 heteroatoms. The second-order valence-electron chi connectivity index (χ2n) is 1.62. The summed E-state index contributed by atoms with van der Waals surface area (Å²) in [5.41, 5.74) is -0.883. The molecule has 1 radical (unpaired) electrons. The highest BCUT2D eigenvalue weighted by molar-refractivity contribution is 5.75. The van der Waals surface area contributed by atoms with Crippen LogP contribution in [-0.2, 0) is 0 Å². The van der Waals surface area contributed by atoms with Crippen LogP contribution in [0.15, 0.2) is 16.6 Å². The molecule has 1 heterocycles. The average Bonchev–Trinajstić information content (AvgIpc) is 1.85.